The van der Waals surface area contributed by atoms with Gasteiger partial charge in [0.15, 0.2) is 0 Å². The number of fused-ring (bicyclic) bond motifs is 3. The van der Waals surface area contributed by atoms with Crippen molar-refractivity contribution in [1.82, 2.24) is 36.1 Å². The highest BCUT2D eigenvalue weighted by atomic mass is 32.1. The fourth-order valence-corrected chi connectivity index (χ4v) is 6.70. The van der Waals surface area contributed by atoms with E-state index in [0.717, 1.165) is 69.8 Å². The van der Waals surface area contributed by atoms with Crippen molar-refractivity contribution in [3.63, 3.8) is 0 Å². The van der Waals surface area contributed by atoms with Crippen LogP contribution in [-0.2, 0) is 37.4 Å². The molecule has 9 nitrogen and oxygen atoms in total. The van der Waals surface area contributed by atoms with Gasteiger partial charge >= 0.3 is 0 Å². The molecule has 0 saturated carbocycles. The number of hydrogen-bond acceptors (Lipinski definition) is 9. The quantitative estimate of drug-likeness (QED) is 0.258. The third kappa shape index (κ3) is 4.06. The predicted molar refractivity (Wildman–Crippen MR) is 130 cm³/mol. The lowest BCUT2D eigenvalue weighted by Crippen LogP contribution is -2.22. The van der Waals surface area contributed by atoms with Crippen LogP contribution in [0.2, 0.25) is 0 Å². The molecule has 6 rings (SSSR count). The van der Waals surface area contributed by atoms with Gasteiger partial charge in [0.1, 0.15) is 15.5 Å². The molecular formula is C22H24N8OS2. The Morgan fingerprint density at radius 3 is 3.06 bits per heavy atom. The van der Waals surface area contributed by atoms with E-state index >= 15 is 0 Å². The van der Waals surface area contributed by atoms with E-state index in [9.17, 15) is 4.79 Å². The summed E-state index contributed by atoms with van der Waals surface area (Å²) in [5, 5.41) is 22.6. The molecular weight excluding hydrogens is 456 g/mol. The Hall–Kier alpha value is -2.70. The second-order valence-electron chi connectivity index (χ2n) is 8.20. The summed E-state index contributed by atoms with van der Waals surface area (Å²) in [7, 11) is 0. The number of pyridine rings is 1. The maximum Gasteiger partial charge on any atom is 0.226 e. The van der Waals surface area contributed by atoms with Gasteiger partial charge in [0, 0.05) is 61.3 Å². The number of carbonyl (C=O) groups excluding carboxylic acids is 1. The van der Waals surface area contributed by atoms with Crippen LogP contribution in [0.1, 0.15) is 33.8 Å². The highest BCUT2D eigenvalue weighted by Crippen LogP contribution is 2.44. The Labute approximate surface area is 198 Å². The van der Waals surface area contributed by atoms with Crippen molar-refractivity contribution in [2.75, 3.05) is 18.4 Å². The smallest absolute Gasteiger partial charge is 0.226 e. The molecule has 2 aliphatic heterocycles. The summed E-state index contributed by atoms with van der Waals surface area (Å²) in [4.78, 5) is 23.1. The van der Waals surface area contributed by atoms with Gasteiger partial charge in [-0.25, -0.2) is 4.98 Å². The van der Waals surface area contributed by atoms with E-state index in [1.54, 1.807) is 35.1 Å². The molecule has 4 aromatic heterocycles. The summed E-state index contributed by atoms with van der Waals surface area (Å²) in [5.74, 6) is 0.00888. The molecule has 6 heterocycles. The molecule has 0 aliphatic carbocycles. The van der Waals surface area contributed by atoms with Crippen LogP contribution in [0.3, 0.4) is 0 Å². The lowest BCUT2D eigenvalue weighted by molar-refractivity contribution is -0.116. The zero-order valence-corrected chi connectivity index (χ0v) is 19.6. The second kappa shape index (κ2) is 8.92. The molecule has 0 saturated heterocycles. The zero-order chi connectivity index (χ0) is 22.2. The summed E-state index contributed by atoms with van der Waals surface area (Å²) < 4.78 is 1.11. The number of carbonyl (C=O) groups is 1. The topological polar surface area (TPSA) is 120 Å². The summed E-state index contributed by atoms with van der Waals surface area (Å²) in [5.41, 5.74) is 6.73. The van der Waals surface area contributed by atoms with Crippen LogP contribution in [0.5, 0.6) is 0 Å². The molecule has 0 radical (unpaired) electrons. The van der Waals surface area contributed by atoms with E-state index in [2.05, 4.69) is 36.4 Å². The number of rotatable bonds is 7. The van der Waals surface area contributed by atoms with E-state index in [0.29, 0.717) is 19.5 Å². The molecule has 1 amide bonds. The van der Waals surface area contributed by atoms with E-state index < -0.39 is 0 Å². The molecule has 4 aromatic rings. The van der Waals surface area contributed by atoms with E-state index in [1.807, 2.05) is 6.07 Å². The van der Waals surface area contributed by atoms with E-state index in [4.69, 9.17) is 4.98 Å². The van der Waals surface area contributed by atoms with Crippen molar-refractivity contribution in [2.45, 2.75) is 39.0 Å². The maximum absolute atomic E-state index is 12.8. The number of hydrogen-bond donors (Lipinski definition) is 5. The van der Waals surface area contributed by atoms with Crippen LogP contribution in [0.25, 0.3) is 20.8 Å². The minimum Gasteiger partial charge on any atom is -0.317 e. The summed E-state index contributed by atoms with van der Waals surface area (Å²) in [6.45, 7) is 4.73. The van der Waals surface area contributed by atoms with Crippen LogP contribution in [0, 0.1) is 0 Å². The third-order valence-corrected chi connectivity index (χ3v) is 8.25. The first-order valence-electron chi connectivity index (χ1n) is 11.1. The molecule has 0 spiro atoms. The largest absolute Gasteiger partial charge is 0.317 e. The highest BCUT2D eigenvalue weighted by molar-refractivity contribution is 7.22. The van der Waals surface area contributed by atoms with Crippen LogP contribution < -0.4 is 21.3 Å². The van der Waals surface area contributed by atoms with Crippen molar-refractivity contribution in [1.29, 1.82) is 0 Å². The number of thiophene rings is 1. The monoisotopic (exact) mass is 480 g/mol. The summed E-state index contributed by atoms with van der Waals surface area (Å²) in [6, 6.07) is 1.99. The van der Waals surface area contributed by atoms with Gasteiger partial charge in [0.2, 0.25) is 5.91 Å². The Bertz CT molecular complexity index is 1290. The lowest BCUT2D eigenvalue weighted by Gasteiger charge is -2.13. The molecule has 0 fully saturated rings. The van der Waals surface area contributed by atoms with Gasteiger partial charge in [0.05, 0.1) is 22.3 Å². The molecule has 0 bridgehead atoms. The van der Waals surface area contributed by atoms with Crippen LogP contribution in [0.4, 0.5) is 5.00 Å². The Kier molecular flexibility index (Phi) is 5.64. The highest BCUT2D eigenvalue weighted by Gasteiger charge is 2.25. The molecule has 170 valence electrons. The average molecular weight is 481 g/mol. The van der Waals surface area contributed by atoms with Crippen LogP contribution in [0.15, 0.2) is 18.5 Å². The van der Waals surface area contributed by atoms with Gasteiger partial charge in [-0.05, 0) is 24.6 Å². The SMILES string of the molecule is O=C(CCNCc1[nH]nc2c1CNC2)Nc1sc2c(c1-c1nc3cnccc3s1)CCNC2. The Morgan fingerprint density at radius 2 is 2.12 bits per heavy atom. The van der Waals surface area contributed by atoms with Crippen LogP contribution in [-0.4, -0.2) is 39.2 Å². The number of nitrogens with zero attached hydrogens (tertiary/aromatic N) is 3. The van der Waals surface area contributed by atoms with E-state index in [1.165, 1.54) is 16.0 Å². The summed E-state index contributed by atoms with van der Waals surface area (Å²) >= 11 is 3.32. The Balaban J connectivity index is 1.15. The minimum atomic E-state index is 0.00888. The second-order valence-corrected chi connectivity index (χ2v) is 10.3. The standard InChI is InChI=1S/C22H24N8OS2/c31-19(3-6-24-8-14-13-7-26-9-15(13)30-29-14)28-22-20(12-1-4-25-11-18(12)33-22)21-27-16-10-23-5-2-17(16)32-21/h2,5,10,24-26H,1,3-4,6-9,11H2,(H,28,31)(H,29,30). The van der Waals surface area contributed by atoms with Gasteiger partial charge < -0.3 is 21.3 Å². The zero-order valence-electron chi connectivity index (χ0n) is 18.0. The molecule has 0 aromatic carbocycles. The molecule has 2 aliphatic rings. The normalized spacial score (nSPS) is 15.0. The number of nitrogens with one attached hydrogen (secondary N) is 5. The van der Waals surface area contributed by atoms with Gasteiger partial charge in [-0.15, -0.1) is 22.7 Å². The van der Waals surface area contributed by atoms with Gasteiger partial charge in [0.25, 0.3) is 0 Å². The van der Waals surface area contributed by atoms with Crippen molar-refractivity contribution >= 4 is 43.8 Å². The number of H-pyrrole nitrogens is 1. The minimum absolute atomic E-state index is 0.00888. The number of anilines is 1. The average Bonchev–Trinajstić information content (AvgIpc) is 3.58. The predicted octanol–water partition coefficient (Wildman–Crippen LogP) is 2.51. The first-order valence-corrected chi connectivity index (χ1v) is 12.7. The first-order chi connectivity index (χ1) is 16.3. The fourth-order valence-electron chi connectivity index (χ4n) is 4.39. The first kappa shape index (κ1) is 20.9. The van der Waals surface area contributed by atoms with Gasteiger partial charge in [-0.3, -0.25) is 14.9 Å². The number of amides is 1. The maximum atomic E-state index is 12.8. The van der Waals surface area contributed by atoms with Gasteiger partial charge in [-0.1, -0.05) is 0 Å². The number of aromatic nitrogens is 4. The molecule has 33 heavy (non-hydrogen) atoms. The van der Waals surface area contributed by atoms with Crippen molar-refractivity contribution in [3.05, 3.63) is 45.9 Å². The molecule has 0 atom stereocenters. The molecule has 0 unspecified atom stereocenters. The van der Waals surface area contributed by atoms with Crippen molar-refractivity contribution in [2.24, 2.45) is 0 Å². The lowest BCUT2D eigenvalue weighted by atomic mass is 10.0. The third-order valence-electron chi connectivity index (χ3n) is 6.05. The fraction of sp³-hybridized carbons (Fsp3) is 0.364. The number of thiazole rings is 1. The summed E-state index contributed by atoms with van der Waals surface area (Å²) in [6.07, 6.45) is 4.93. The van der Waals surface area contributed by atoms with E-state index in [-0.39, 0.29) is 5.91 Å². The van der Waals surface area contributed by atoms with Gasteiger partial charge in [-0.2, -0.15) is 5.10 Å². The molecule has 11 heteroatoms. The Morgan fingerprint density at radius 1 is 1.15 bits per heavy atom. The van der Waals surface area contributed by atoms with Crippen molar-refractivity contribution in [3.8, 4) is 10.6 Å². The number of aromatic amines is 1. The van der Waals surface area contributed by atoms with Crippen LogP contribution >= 0.6 is 22.7 Å². The van der Waals surface area contributed by atoms with Crippen molar-refractivity contribution < 1.29 is 4.79 Å². The molecule has 5 N–H and O–H groups in total.